The zero-order valence-electron chi connectivity index (χ0n) is 11.5. The second-order valence-electron chi connectivity index (χ2n) is 5.01. The molecule has 3 heteroatoms. The first kappa shape index (κ1) is 15.4. The molecule has 0 aliphatic carbocycles. The van der Waals surface area contributed by atoms with Gasteiger partial charge in [0.05, 0.1) is 5.54 Å². The first-order valence-corrected chi connectivity index (χ1v) is 6.48. The van der Waals surface area contributed by atoms with E-state index in [0.717, 1.165) is 25.7 Å². The maximum absolute atomic E-state index is 12.0. The summed E-state index contributed by atoms with van der Waals surface area (Å²) in [5.74, 6) is 0.523. The van der Waals surface area contributed by atoms with Gasteiger partial charge in [-0.3, -0.25) is 4.79 Å². The summed E-state index contributed by atoms with van der Waals surface area (Å²) in [5.41, 5.74) is 5.26. The largest absolute Gasteiger partial charge is 0.352 e. The first-order chi connectivity index (χ1) is 7.38. The lowest BCUT2D eigenvalue weighted by Gasteiger charge is -2.28. The Balaban J connectivity index is 4.32. The number of nitrogens with one attached hydrogen (secondary N) is 1. The van der Waals surface area contributed by atoms with Crippen LogP contribution in [0.1, 0.15) is 60.3 Å². The molecular formula is C13H28N2O. The van der Waals surface area contributed by atoms with Crippen molar-refractivity contribution >= 4 is 5.91 Å². The van der Waals surface area contributed by atoms with Gasteiger partial charge in [-0.1, -0.05) is 40.0 Å². The number of rotatable bonds is 7. The summed E-state index contributed by atoms with van der Waals surface area (Å²) in [4.78, 5) is 12.0. The normalized spacial score (nSPS) is 16.9. The van der Waals surface area contributed by atoms with Crippen molar-refractivity contribution in [1.82, 2.24) is 5.32 Å². The number of hydrogen-bond acceptors (Lipinski definition) is 2. The topological polar surface area (TPSA) is 55.1 Å². The number of amides is 1. The smallest absolute Gasteiger partial charge is 0.240 e. The molecule has 1 amide bonds. The van der Waals surface area contributed by atoms with Crippen LogP contribution in [0, 0.1) is 5.92 Å². The number of carbonyl (C=O) groups is 1. The van der Waals surface area contributed by atoms with Crippen LogP contribution >= 0.6 is 0 Å². The van der Waals surface area contributed by atoms with Crippen molar-refractivity contribution in [3.05, 3.63) is 0 Å². The van der Waals surface area contributed by atoms with E-state index < -0.39 is 5.54 Å². The maximum Gasteiger partial charge on any atom is 0.240 e. The molecular weight excluding hydrogens is 200 g/mol. The average molecular weight is 228 g/mol. The summed E-state index contributed by atoms with van der Waals surface area (Å²) in [6, 6.07) is 0.210. The molecule has 2 atom stereocenters. The molecule has 0 aliphatic heterocycles. The van der Waals surface area contributed by atoms with Crippen molar-refractivity contribution in [2.24, 2.45) is 11.7 Å². The van der Waals surface area contributed by atoms with E-state index in [1.807, 2.05) is 13.8 Å². The Hall–Kier alpha value is -0.570. The monoisotopic (exact) mass is 228 g/mol. The highest BCUT2D eigenvalue weighted by molar-refractivity contribution is 5.85. The predicted octanol–water partition coefficient (Wildman–Crippen LogP) is 2.44. The lowest BCUT2D eigenvalue weighted by Crippen LogP contribution is -2.54. The molecule has 0 aromatic heterocycles. The molecule has 0 radical (unpaired) electrons. The zero-order valence-corrected chi connectivity index (χ0v) is 11.5. The van der Waals surface area contributed by atoms with Gasteiger partial charge in [0.1, 0.15) is 0 Å². The predicted molar refractivity (Wildman–Crippen MR) is 69.2 cm³/mol. The van der Waals surface area contributed by atoms with E-state index in [4.69, 9.17) is 5.73 Å². The maximum atomic E-state index is 12.0. The molecule has 0 aromatic carbocycles. The van der Waals surface area contributed by atoms with E-state index in [2.05, 4.69) is 26.1 Å². The summed E-state index contributed by atoms with van der Waals surface area (Å²) in [7, 11) is 0. The highest BCUT2D eigenvalue weighted by Gasteiger charge is 2.29. The van der Waals surface area contributed by atoms with Crippen LogP contribution in [0.5, 0.6) is 0 Å². The van der Waals surface area contributed by atoms with Crippen LogP contribution in [-0.2, 0) is 4.79 Å². The molecule has 0 heterocycles. The van der Waals surface area contributed by atoms with Gasteiger partial charge in [-0.2, -0.15) is 0 Å². The lowest BCUT2D eigenvalue weighted by molar-refractivity contribution is -0.127. The summed E-state index contributed by atoms with van der Waals surface area (Å²) < 4.78 is 0. The highest BCUT2D eigenvalue weighted by atomic mass is 16.2. The minimum Gasteiger partial charge on any atom is -0.352 e. The van der Waals surface area contributed by atoms with Crippen LogP contribution in [0.4, 0.5) is 0 Å². The molecule has 0 rings (SSSR count). The van der Waals surface area contributed by atoms with E-state index in [1.54, 1.807) is 0 Å². The molecule has 0 spiro atoms. The van der Waals surface area contributed by atoms with Gasteiger partial charge < -0.3 is 11.1 Å². The Morgan fingerprint density at radius 2 is 1.81 bits per heavy atom. The Morgan fingerprint density at radius 1 is 1.31 bits per heavy atom. The van der Waals surface area contributed by atoms with E-state index in [-0.39, 0.29) is 11.9 Å². The molecule has 3 N–H and O–H groups in total. The van der Waals surface area contributed by atoms with Crippen LogP contribution in [0.3, 0.4) is 0 Å². The van der Waals surface area contributed by atoms with Gasteiger partial charge in [0.25, 0.3) is 0 Å². The second kappa shape index (κ2) is 6.89. The standard InChI is InChI=1S/C13H28N2O/c1-6-9-13(5,14)12(16)15-10(4)11(7-2)8-3/h10-11H,6-9,14H2,1-5H3,(H,15,16). The van der Waals surface area contributed by atoms with E-state index in [1.165, 1.54) is 0 Å². The molecule has 3 nitrogen and oxygen atoms in total. The van der Waals surface area contributed by atoms with Crippen LogP contribution in [0.2, 0.25) is 0 Å². The van der Waals surface area contributed by atoms with Crippen LogP contribution in [-0.4, -0.2) is 17.5 Å². The third-order valence-corrected chi connectivity index (χ3v) is 3.40. The summed E-state index contributed by atoms with van der Waals surface area (Å²) >= 11 is 0. The molecule has 0 aliphatic rings. The van der Waals surface area contributed by atoms with Gasteiger partial charge in [0.15, 0.2) is 0 Å². The molecule has 0 fully saturated rings. The third-order valence-electron chi connectivity index (χ3n) is 3.40. The highest BCUT2D eigenvalue weighted by Crippen LogP contribution is 2.15. The minimum atomic E-state index is -0.727. The Kier molecular flexibility index (Phi) is 6.65. The molecule has 16 heavy (non-hydrogen) atoms. The fourth-order valence-corrected chi connectivity index (χ4v) is 2.12. The first-order valence-electron chi connectivity index (χ1n) is 6.48. The summed E-state index contributed by atoms with van der Waals surface area (Å²) in [6.07, 6.45) is 3.84. The molecule has 96 valence electrons. The van der Waals surface area contributed by atoms with Crippen molar-refractivity contribution in [2.75, 3.05) is 0 Å². The van der Waals surface area contributed by atoms with Crippen LogP contribution < -0.4 is 11.1 Å². The fourth-order valence-electron chi connectivity index (χ4n) is 2.12. The average Bonchev–Trinajstić information content (AvgIpc) is 2.19. The zero-order chi connectivity index (χ0) is 12.8. The van der Waals surface area contributed by atoms with Gasteiger partial charge in [0, 0.05) is 6.04 Å². The summed E-state index contributed by atoms with van der Waals surface area (Å²) in [5, 5.41) is 3.04. The minimum absolute atomic E-state index is 0.0197. The van der Waals surface area contributed by atoms with Gasteiger partial charge in [-0.05, 0) is 26.2 Å². The number of nitrogens with two attached hydrogens (primary N) is 1. The van der Waals surface area contributed by atoms with E-state index >= 15 is 0 Å². The molecule has 0 aromatic rings. The van der Waals surface area contributed by atoms with Gasteiger partial charge in [-0.25, -0.2) is 0 Å². The van der Waals surface area contributed by atoms with Crippen molar-refractivity contribution in [1.29, 1.82) is 0 Å². The van der Waals surface area contributed by atoms with Gasteiger partial charge in [-0.15, -0.1) is 0 Å². The van der Waals surface area contributed by atoms with Crippen molar-refractivity contribution in [3.63, 3.8) is 0 Å². The number of carbonyl (C=O) groups excluding carboxylic acids is 1. The van der Waals surface area contributed by atoms with Crippen LogP contribution in [0.25, 0.3) is 0 Å². The van der Waals surface area contributed by atoms with E-state index in [9.17, 15) is 4.79 Å². The quantitative estimate of drug-likeness (QED) is 0.703. The summed E-state index contributed by atoms with van der Waals surface area (Å²) in [6.45, 7) is 10.2. The molecule has 0 saturated heterocycles. The fraction of sp³-hybridized carbons (Fsp3) is 0.923. The molecule has 0 saturated carbocycles. The second-order valence-corrected chi connectivity index (χ2v) is 5.01. The van der Waals surface area contributed by atoms with Gasteiger partial charge >= 0.3 is 0 Å². The third kappa shape index (κ3) is 4.52. The van der Waals surface area contributed by atoms with Gasteiger partial charge in [0.2, 0.25) is 5.91 Å². The Labute approximate surface area is 100 Å². The van der Waals surface area contributed by atoms with Crippen molar-refractivity contribution < 1.29 is 4.79 Å². The van der Waals surface area contributed by atoms with Crippen molar-refractivity contribution in [2.45, 2.75) is 71.9 Å². The Bertz CT molecular complexity index is 210. The van der Waals surface area contributed by atoms with Crippen LogP contribution in [0.15, 0.2) is 0 Å². The van der Waals surface area contributed by atoms with Crippen molar-refractivity contribution in [3.8, 4) is 0 Å². The SMILES string of the molecule is CCCC(C)(N)C(=O)NC(C)C(CC)CC. The molecule has 2 unspecified atom stereocenters. The Morgan fingerprint density at radius 3 is 2.19 bits per heavy atom. The molecule has 0 bridgehead atoms. The van der Waals surface area contributed by atoms with E-state index in [0.29, 0.717) is 5.92 Å². The lowest BCUT2D eigenvalue weighted by atomic mass is 9.92. The number of hydrogen-bond donors (Lipinski definition) is 2.